The summed E-state index contributed by atoms with van der Waals surface area (Å²) in [5.41, 5.74) is 1.11. The van der Waals surface area contributed by atoms with Crippen molar-refractivity contribution >= 4 is 28.9 Å². The summed E-state index contributed by atoms with van der Waals surface area (Å²) in [6.45, 7) is 2.31. The highest BCUT2D eigenvalue weighted by molar-refractivity contribution is 7.14. The summed E-state index contributed by atoms with van der Waals surface area (Å²) in [7, 11) is 0. The first-order valence-electron chi connectivity index (χ1n) is 7.76. The lowest BCUT2D eigenvalue weighted by Crippen LogP contribution is -2.41. The summed E-state index contributed by atoms with van der Waals surface area (Å²) in [5, 5.41) is 5.19. The van der Waals surface area contributed by atoms with E-state index in [4.69, 9.17) is 0 Å². The molecule has 24 heavy (non-hydrogen) atoms. The summed E-state index contributed by atoms with van der Waals surface area (Å²) in [6.07, 6.45) is 1.28. The van der Waals surface area contributed by atoms with Gasteiger partial charge in [0.1, 0.15) is 0 Å². The Bertz CT molecular complexity index is 710. The molecule has 0 aliphatic rings. The minimum atomic E-state index is -0.633. The number of amides is 2. The highest BCUT2D eigenvalue weighted by Gasteiger charge is 2.12. The van der Waals surface area contributed by atoms with Gasteiger partial charge in [0.2, 0.25) is 0 Å². The number of nitrogens with one attached hydrogen (secondary N) is 2. The zero-order valence-corrected chi connectivity index (χ0v) is 14.3. The van der Waals surface area contributed by atoms with Crippen LogP contribution in [-0.4, -0.2) is 30.7 Å². The van der Waals surface area contributed by atoms with Gasteiger partial charge in [-0.1, -0.05) is 30.3 Å². The molecule has 0 unspecified atom stereocenters. The minimum absolute atomic E-state index is 0.0353. The Hall–Kier alpha value is -2.47. The standard InChI is InChI=1S/C18H20N2O3S/c1-13(21)16-8-7-15(24-16)10-12-20-18(23)17(22)19-11-9-14-5-3-2-4-6-14/h2-8H,9-12H2,1H3,(H,19,22)(H,20,23). The van der Waals surface area contributed by atoms with E-state index in [2.05, 4.69) is 10.6 Å². The number of hydrogen-bond donors (Lipinski definition) is 2. The maximum Gasteiger partial charge on any atom is 0.309 e. The second kappa shape index (κ2) is 8.98. The second-order valence-electron chi connectivity index (χ2n) is 5.32. The number of hydrogen-bond acceptors (Lipinski definition) is 4. The molecule has 6 heteroatoms. The third kappa shape index (κ3) is 5.62. The average molecular weight is 344 g/mol. The third-order valence-electron chi connectivity index (χ3n) is 3.41. The molecule has 1 aromatic heterocycles. The normalized spacial score (nSPS) is 10.2. The minimum Gasteiger partial charge on any atom is -0.348 e. The van der Waals surface area contributed by atoms with Crippen LogP contribution >= 0.6 is 11.3 Å². The predicted octanol–water partition coefficient (Wildman–Crippen LogP) is 1.97. The molecule has 2 aromatic rings. The van der Waals surface area contributed by atoms with Crippen molar-refractivity contribution in [1.82, 2.24) is 10.6 Å². The zero-order valence-electron chi connectivity index (χ0n) is 13.5. The Balaban J connectivity index is 1.66. The van der Waals surface area contributed by atoms with E-state index in [-0.39, 0.29) is 5.78 Å². The smallest absolute Gasteiger partial charge is 0.309 e. The Labute approximate surface area is 145 Å². The van der Waals surface area contributed by atoms with Crippen molar-refractivity contribution in [2.45, 2.75) is 19.8 Å². The van der Waals surface area contributed by atoms with Crippen molar-refractivity contribution in [2.24, 2.45) is 0 Å². The molecule has 1 aromatic carbocycles. The van der Waals surface area contributed by atoms with Crippen molar-refractivity contribution in [3.63, 3.8) is 0 Å². The van der Waals surface area contributed by atoms with Crippen LogP contribution in [0.2, 0.25) is 0 Å². The summed E-state index contributed by atoms with van der Waals surface area (Å²) in [6, 6.07) is 13.4. The molecular formula is C18H20N2O3S. The number of thiophene rings is 1. The van der Waals surface area contributed by atoms with E-state index in [1.54, 1.807) is 6.07 Å². The largest absolute Gasteiger partial charge is 0.348 e. The van der Waals surface area contributed by atoms with E-state index in [0.717, 1.165) is 10.4 Å². The highest BCUT2D eigenvalue weighted by atomic mass is 32.1. The van der Waals surface area contributed by atoms with E-state index in [1.165, 1.54) is 18.3 Å². The van der Waals surface area contributed by atoms with Crippen LogP contribution < -0.4 is 10.6 Å². The van der Waals surface area contributed by atoms with Crippen LogP contribution in [0.5, 0.6) is 0 Å². The first-order valence-corrected chi connectivity index (χ1v) is 8.57. The highest BCUT2D eigenvalue weighted by Crippen LogP contribution is 2.16. The number of Topliss-reactive ketones (excluding diaryl/α,β-unsaturated/α-hetero) is 1. The lowest BCUT2D eigenvalue weighted by atomic mass is 10.1. The van der Waals surface area contributed by atoms with Crippen molar-refractivity contribution in [3.8, 4) is 0 Å². The predicted molar refractivity (Wildman–Crippen MR) is 94.2 cm³/mol. The van der Waals surface area contributed by atoms with E-state index in [1.807, 2.05) is 36.4 Å². The molecule has 126 valence electrons. The lowest BCUT2D eigenvalue weighted by molar-refractivity contribution is -0.139. The molecule has 1 heterocycles. The van der Waals surface area contributed by atoms with Gasteiger partial charge in [-0.3, -0.25) is 14.4 Å². The molecular weight excluding hydrogens is 324 g/mol. The molecule has 0 saturated carbocycles. The summed E-state index contributed by atoms with van der Waals surface area (Å²) in [5.74, 6) is -1.22. The molecule has 0 aliphatic heterocycles. The van der Waals surface area contributed by atoms with Gasteiger partial charge in [0, 0.05) is 18.0 Å². The van der Waals surface area contributed by atoms with Gasteiger partial charge in [-0.25, -0.2) is 0 Å². The number of carbonyl (C=O) groups excluding carboxylic acids is 3. The van der Waals surface area contributed by atoms with Crippen LogP contribution in [0.1, 0.15) is 27.0 Å². The maximum atomic E-state index is 11.7. The number of carbonyl (C=O) groups is 3. The molecule has 2 N–H and O–H groups in total. The van der Waals surface area contributed by atoms with Gasteiger partial charge in [-0.2, -0.15) is 0 Å². The average Bonchev–Trinajstić information content (AvgIpc) is 3.05. The van der Waals surface area contributed by atoms with Crippen molar-refractivity contribution in [3.05, 3.63) is 57.8 Å². The van der Waals surface area contributed by atoms with Crippen LogP contribution in [0.25, 0.3) is 0 Å². The zero-order chi connectivity index (χ0) is 17.4. The SMILES string of the molecule is CC(=O)c1ccc(CCNC(=O)C(=O)NCCc2ccccc2)s1. The van der Waals surface area contributed by atoms with Crippen LogP contribution in [0.3, 0.4) is 0 Å². The molecule has 0 atom stereocenters. The van der Waals surface area contributed by atoms with Crippen LogP contribution in [0, 0.1) is 0 Å². The number of ketones is 1. The van der Waals surface area contributed by atoms with Crippen molar-refractivity contribution < 1.29 is 14.4 Å². The molecule has 0 saturated heterocycles. The fourth-order valence-electron chi connectivity index (χ4n) is 2.13. The molecule has 5 nitrogen and oxygen atoms in total. The van der Waals surface area contributed by atoms with Gasteiger partial charge < -0.3 is 10.6 Å². The summed E-state index contributed by atoms with van der Waals surface area (Å²) in [4.78, 5) is 36.3. The third-order valence-corrected chi connectivity index (χ3v) is 4.66. The van der Waals surface area contributed by atoms with Crippen LogP contribution in [-0.2, 0) is 22.4 Å². The van der Waals surface area contributed by atoms with E-state index < -0.39 is 11.8 Å². The molecule has 0 radical (unpaired) electrons. The number of benzene rings is 1. The Kier molecular flexibility index (Phi) is 6.69. The van der Waals surface area contributed by atoms with Crippen molar-refractivity contribution in [1.29, 1.82) is 0 Å². The molecule has 0 bridgehead atoms. The summed E-state index contributed by atoms with van der Waals surface area (Å²) >= 11 is 1.41. The molecule has 2 rings (SSSR count). The Morgan fingerprint density at radius 3 is 2.08 bits per heavy atom. The Morgan fingerprint density at radius 1 is 0.875 bits per heavy atom. The van der Waals surface area contributed by atoms with Gasteiger partial charge in [0.25, 0.3) is 0 Å². The van der Waals surface area contributed by atoms with E-state index in [9.17, 15) is 14.4 Å². The Morgan fingerprint density at radius 2 is 1.50 bits per heavy atom. The molecule has 0 fully saturated rings. The van der Waals surface area contributed by atoms with Gasteiger partial charge in [-0.05, 0) is 37.5 Å². The molecule has 0 aliphatic carbocycles. The van der Waals surface area contributed by atoms with Crippen LogP contribution in [0.15, 0.2) is 42.5 Å². The van der Waals surface area contributed by atoms with Gasteiger partial charge >= 0.3 is 11.8 Å². The van der Waals surface area contributed by atoms with Gasteiger partial charge in [-0.15, -0.1) is 11.3 Å². The monoisotopic (exact) mass is 344 g/mol. The topological polar surface area (TPSA) is 75.3 Å². The maximum absolute atomic E-state index is 11.7. The quantitative estimate of drug-likeness (QED) is 0.596. The van der Waals surface area contributed by atoms with Crippen molar-refractivity contribution in [2.75, 3.05) is 13.1 Å². The van der Waals surface area contributed by atoms with E-state index >= 15 is 0 Å². The number of rotatable bonds is 7. The fraction of sp³-hybridized carbons (Fsp3) is 0.278. The van der Waals surface area contributed by atoms with Crippen LogP contribution in [0.4, 0.5) is 0 Å². The fourth-order valence-corrected chi connectivity index (χ4v) is 3.03. The first-order chi connectivity index (χ1) is 11.6. The molecule has 2 amide bonds. The van der Waals surface area contributed by atoms with Gasteiger partial charge in [0.15, 0.2) is 5.78 Å². The first kappa shape index (κ1) is 17.9. The summed E-state index contributed by atoms with van der Waals surface area (Å²) < 4.78 is 0. The lowest BCUT2D eigenvalue weighted by Gasteiger charge is -2.06. The van der Waals surface area contributed by atoms with E-state index in [0.29, 0.717) is 30.8 Å². The second-order valence-corrected chi connectivity index (χ2v) is 6.49. The van der Waals surface area contributed by atoms with Gasteiger partial charge in [0.05, 0.1) is 4.88 Å². The molecule has 0 spiro atoms.